The Morgan fingerprint density at radius 3 is 2.29 bits per heavy atom. The van der Waals surface area contributed by atoms with Crippen LogP contribution in [0.4, 0.5) is 0 Å². The summed E-state index contributed by atoms with van der Waals surface area (Å²) in [5.41, 5.74) is 1.61. The van der Waals surface area contributed by atoms with E-state index in [1.165, 1.54) is 31.5 Å². The first kappa shape index (κ1) is 10.2. The molecule has 0 unspecified atom stereocenters. The van der Waals surface area contributed by atoms with Gasteiger partial charge in [0.2, 0.25) is 0 Å². The summed E-state index contributed by atoms with van der Waals surface area (Å²) in [6.45, 7) is 10.7. The molecule has 2 rings (SSSR count). The number of hydrogen-bond donors (Lipinski definition) is 0. The lowest BCUT2D eigenvalue weighted by molar-refractivity contribution is 0.000791. The quantitative estimate of drug-likeness (QED) is 0.626. The molecule has 0 aromatic carbocycles. The Labute approximate surface area is 86.9 Å². The molecule has 0 spiro atoms. The fourth-order valence-corrected chi connectivity index (χ4v) is 2.87. The molecule has 2 saturated heterocycles. The third-order valence-electron chi connectivity index (χ3n) is 3.83. The molecule has 0 atom stereocenters. The summed E-state index contributed by atoms with van der Waals surface area (Å²) in [6.07, 6.45) is 5.00. The second-order valence-electron chi connectivity index (χ2n) is 4.62. The molecule has 2 aliphatic rings. The number of ether oxygens (including phenoxy) is 1. The van der Waals surface area contributed by atoms with Crippen LogP contribution in [0.2, 0.25) is 0 Å². The molecule has 2 aliphatic heterocycles. The van der Waals surface area contributed by atoms with Gasteiger partial charge in [0.15, 0.2) is 0 Å². The van der Waals surface area contributed by atoms with Crippen LogP contribution in [0.3, 0.4) is 0 Å². The molecule has 2 fully saturated rings. The summed E-state index contributed by atoms with van der Waals surface area (Å²) in [6, 6.07) is 0. The van der Waals surface area contributed by atoms with Crippen LogP contribution >= 0.6 is 0 Å². The molecule has 2 heterocycles. The minimum Gasteiger partial charge on any atom is -0.381 e. The molecular weight excluding hydrogens is 174 g/mol. The van der Waals surface area contributed by atoms with E-state index >= 15 is 0 Å². The van der Waals surface area contributed by atoms with Gasteiger partial charge in [-0.1, -0.05) is 12.2 Å². The molecule has 0 bridgehead atoms. The van der Waals surface area contributed by atoms with E-state index in [-0.39, 0.29) is 5.54 Å². The van der Waals surface area contributed by atoms with Gasteiger partial charge in [-0.15, -0.1) is 0 Å². The van der Waals surface area contributed by atoms with Crippen LogP contribution in [-0.4, -0.2) is 36.7 Å². The highest BCUT2D eigenvalue weighted by molar-refractivity contribution is 5.16. The molecule has 0 aliphatic carbocycles. The predicted octanol–water partition coefficient (Wildman–Crippen LogP) is 2.21. The van der Waals surface area contributed by atoms with Gasteiger partial charge in [-0.25, -0.2) is 0 Å². The van der Waals surface area contributed by atoms with Crippen molar-refractivity contribution >= 4 is 0 Å². The van der Waals surface area contributed by atoms with Crippen molar-refractivity contribution < 1.29 is 4.74 Å². The Morgan fingerprint density at radius 1 is 1.21 bits per heavy atom. The summed E-state index contributed by atoms with van der Waals surface area (Å²) in [7, 11) is 0. The molecule has 0 aromatic rings. The fraction of sp³-hybridized carbons (Fsp3) is 0.833. The topological polar surface area (TPSA) is 12.5 Å². The third kappa shape index (κ3) is 1.61. The van der Waals surface area contributed by atoms with E-state index < -0.39 is 0 Å². The zero-order chi connectivity index (χ0) is 10.0. The minimum atomic E-state index is 0.273. The average Bonchev–Trinajstić information content (AvgIpc) is 2.72. The van der Waals surface area contributed by atoms with Gasteiger partial charge in [-0.05, 0) is 45.7 Å². The zero-order valence-electron chi connectivity index (χ0n) is 9.22. The third-order valence-corrected chi connectivity index (χ3v) is 3.83. The summed E-state index contributed by atoms with van der Waals surface area (Å²) < 4.78 is 5.47. The van der Waals surface area contributed by atoms with E-state index in [4.69, 9.17) is 4.74 Å². The van der Waals surface area contributed by atoms with Crippen molar-refractivity contribution in [2.75, 3.05) is 26.3 Å². The van der Waals surface area contributed by atoms with E-state index in [1.807, 2.05) is 0 Å². The van der Waals surface area contributed by atoms with E-state index in [9.17, 15) is 0 Å². The lowest BCUT2D eigenvalue weighted by Crippen LogP contribution is -2.51. The number of rotatable bonds is 2. The molecule has 2 nitrogen and oxygen atoms in total. The van der Waals surface area contributed by atoms with Gasteiger partial charge in [0.25, 0.3) is 0 Å². The van der Waals surface area contributed by atoms with E-state index in [2.05, 4.69) is 18.4 Å². The van der Waals surface area contributed by atoms with Crippen LogP contribution in [-0.2, 0) is 4.74 Å². The van der Waals surface area contributed by atoms with Gasteiger partial charge in [0.05, 0.1) is 0 Å². The first-order valence-electron chi connectivity index (χ1n) is 5.74. The lowest BCUT2D eigenvalue weighted by Gasteiger charge is -2.45. The Bertz CT molecular complexity index is 212. The SMILES string of the molecule is C=C(C)C1(N2CCCC2)CCOCC1. The summed E-state index contributed by atoms with van der Waals surface area (Å²) >= 11 is 0. The van der Waals surface area contributed by atoms with Crippen LogP contribution in [0, 0.1) is 0 Å². The molecule has 2 heteroatoms. The smallest absolute Gasteiger partial charge is 0.0486 e. The lowest BCUT2D eigenvalue weighted by atomic mass is 9.82. The Balaban J connectivity index is 2.15. The molecule has 0 radical (unpaired) electrons. The highest BCUT2D eigenvalue weighted by Gasteiger charge is 2.39. The molecule has 0 N–H and O–H groups in total. The van der Waals surface area contributed by atoms with Crippen molar-refractivity contribution in [2.24, 2.45) is 0 Å². The monoisotopic (exact) mass is 195 g/mol. The van der Waals surface area contributed by atoms with Crippen molar-refractivity contribution in [1.29, 1.82) is 0 Å². The van der Waals surface area contributed by atoms with Crippen LogP contribution < -0.4 is 0 Å². The van der Waals surface area contributed by atoms with Gasteiger partial charge in [-0.2, -0.15) is 0 Å². The highest BCUT2D eigenvalue weighted by Crippen LogP contribution is 2.36. The Kier molecular flexibility index (Phi) is 2.93. The summed E-state index contributed by atoms with van der Waals surface area (Å²) in [5.74, 6) is 0. The molecule has 80 valence electrons. The van der Waals surface area contributed by atoms with Gasteiger partial charge >= 0.3 is 0 Å². The van der Waals surface area contributed by atoms with Gasteiger partial charge < -0.3 is 4.74 Å². The van der Waals surface area contributed by atoms with Crippen LogP contribution in [0.5, 0.6) is 0 Å². The van der Waals surface area contributed by atoms with E-state index in [0.29, 0.717) is 0 Å². The second-order valence-corrected chi connectivity index (χ2v) is 4.62. The standard InChI is InChI=1S/C12H21NO/c1-11(2)12(5-9-14-10-6-12)13-7-3-4-8-13/h1,3-10H2,2H3. The number of hydrogen-bond acceptors (Lipinski definition) is 2. The molecular formula is C12H21NO. The van der Waals surface area contributed by atoms with Gasteiger partial charge in [0, 0.05) is 18.8 Å². The van der Waals surface area contributed by atoms with Crippen LogP contribution in [0.25, 0.3) is 0 Å². The van der Waals surface area contributed by atoms with Crippen molar-refractivity contribution in [3.63, 3.8) is 0 Å². The molecule has 14 heavy (non-hydrogen) atoms. The minimum absolute atomic E-state index is 0.273. The fourth-order valence-electron chi connectivity index (χ4n) is 2.87. The largest absolute Gasteiger partial charge is 0.381 e. The van der Waals surface area contributed by atoms with Crippen molar-refractivity contribution in [3.05, 3.63) is 12.2 Å². The van der Waals surface area contributed by atoms with E-state index in [0.717, 1.165) is 26.1 Å². The highest BCUT2D eigenvalue weighted by atomic mass is 16.5. The van der Waals surface area contributed by atoms with Crippen molar-refractivity contribution in [3.8, 4) is 0 Å². The van der Waals surface area contributed by atoms with Crippen LogP contribution in [0.15, 0.2) is 12.2 Å². The maximum Gasteiger partial charge on any atom is 0.0486 e. The van der Waals surface area contributed by atoms with Crippen molar-refractivity contribution in [2.45, 2.75) is 38.1 Å². The Hall–Kier alpha value is -0.340. The van der Waals surface area contributed by atoms with Gasteiger partial charge in [0.1, 0.15) is 0 Å². The number of nitrogens with zero attached hydrogens (tertiary/aromatic N) is 1. The molecule has 0 amide bonds. The average molecular weight is 195 g/mol. The van der Waals surface area contributed by atoms with Crippen molar-refractivity contribution in [1.82, 2.24) is 4.90 Å². The second kappa shape index (κ2) is 4.03. The maximum atomic E-state index is 5.47. The maximum absolute atomic E-state index is 5.47. The predicted molar refractivity (Wildman–Crippen MR) is 58.4 cm³/mol. The van der Waals surface area contributed by atoms with Crippen LogP contribution in [0.1, 0.15) is 32.6 Å². The molecule has 0 aromatic heterocycles. The first-order chi connectivity index (χ1) is 6.76. The van der Waals surface area contributed by atoms with E-state index in [1.54, 1.807) is 0 Å². The first-order valence-corrected chi connectivity index (χ1v) is 5.74. The zero-order valence-corrected chi connectivity index (χ0v) is 9.22. The normalized spacial score (nSPS) is 27.8. The summed E-state index contributed by atoms with van der Waals surface area (Å²) in [4.78, 5) is 2.64. The number of likely N-dealkylation sites (tertiary alicyclic amines) is 1. The Morgan fingerprint density at radius 2 is 1.79 bits per heavy atom. The molecule has 0 saturated carbocycles. The van der Waals surface area contributed by atoms with Gasteiger partial charge in [-0.3, -0.25) is 4.90 Å². The summed E-state index contributed by atoms with van der Waals surface area (Å²) in [5, 5.41) is 0.